The second kappa shape index (κ2) is 9.09. The second-order valence-corrected chi connectivity index (χ2v) is 5.51. The first-order chi connectivity index (χ1) is 12.9. The van der Waals surface area contributed by atoms with Gasteiger partial charge in [0.1, 0.15) is 5.75 Å². The summed E-state index contributed by atoms with van der Waals surface area (Å²) in [5.41, 5.74) is 3.43. The van der Waals surface area contributed by atoms with Gasteiger partial charge in [-0.15, -0.1) is 0 Å². The number of benzene rings is 2. The van der Waals surface area contributed by atoms with E-state index in [1.54, 1.807) is 38.3 Å². The Balaban J connectivity index is 1.85. The molecule has 0 aliphatic rings. The number of hydrogen-bond donors (Lipinski definition) is 2. The zero-order valence-corrected chi connectivity index (χ0v) is 14.8. The van der Waals surface area contributed by atoms with E-state index in [9.17, 15) is 19.7 Å². The number of methoxy groups -OCH3 is 1. The number of carbonyl (C=O) groups is 2. The Morgan fingerprint density at radius 3 is 2.56 bits per heavy atom. The lowest BCUT2D eigenvalue weighted by Gasteiger charge is -2.05. The Bertz CT molecular complexity index is 878. The SMILES string of the molecule is COc1ccc(/C=N/NC(=O)CNC(=O)c2ccc(C)c([N+](=O)[O-])c2)cc1. The Kier molecular flexibility index (Phi) is 6.59. The number of nitrogens with zero attached hydrogens (tertiary/aromatic N) is 2. The van der Waals surface area contributed by atoms with E-state index in [0.717, 1.165) is 5.56 Å². The van der Waals surface area contributed by atoms with Crippen molar-refractivity contribution in [1.29, 1.82) is 0 Å². The molecule has 0 fully saturated rings. The predicted octanol–water partition coefficient (Wildman–Crippen LogP) is 1.79. The molecule has 2 aromatic carbocycles. The van der Waals surface area contributed by atoms with Crippen LogP contribution in [0, 0.1) is 17.0 Å². The minimum atomic E-state index is -0.590. The van der Waals surface area contributed by atoms with Gasteiger partial charge in [0.25, 0.3) is 17.5 Å². The summed E-state index contributed by atoms with van der Waals surface area (Å²) in [7, 11) is 1.56. The summed E-state index contributed by atoms with van der Waals surface area (Å²) in [5, 5.41) is 17.1. The molecule has 0 radical (unpaired) electrons. The van der Waals surface area contributed by atoms with E-state index in [4.69, 9.17) is 4.74 Å². The standard InChI is InChI=1S/C18H18N4O5/c1-12-3-6-14(9-16(12)22(25)26)18(24)19-11-17(23)21-20-10-13-4-7-15(27-2)8-5-13/h3-10H,11H2,1-2H3,(H,19,24)(H,21,23)/b20-10+. The minimum absolute atomic E-state index is 0.0989. The van der Waals surface area contributed by atoms with Crippen molar-refractivity contribution in [1.82, 2.24) is 10.7 Å². The molecule has 0 heterocycles. The fourth-order valence-corrected chi connectivity index (χ4v) is 2.12. The Morgan fingerprint density at radius 2 is 1.93 bits per heavy atom. The Hall–Kier alpha value is -3.75. The lowest BCUT2D eigenvalue weighted by atomic mass is 10.1. The molecule has 27 heavy (non-hydrogen) atoms. The molecule has 0 aromatic heterocycles. The summed E-state index contributed by atoms with van der Waals surface area (Å²) < 4.78 is 5.04. The van der Waals surface area contributed by atoms with Gasteiger partial charge >= 0.3 is 0 Å². The molecule has 0 saturated heterocycles. The number of aryl methyl sites for hydroxylation is 1. The van der Waals surface area contributed by atoms with Crippen molar-refractivity contribution in [3.05, 3.63) is 69.3 Å². The molecule has 0 unspecified atom stereocenters. The first kappa shape index (κ1) is 19.6. The molecule has 0 aliphatic heterocycles. The van der Waals surface area contributed by atoms with Gasteiger partial charge in [-0.2, -0.15) is 5.10 Å². The van der Waals surface area contributed by atoms with Crippen LogP contribution < -0.4 is 15.5 Å². The highest BCUT2D eigenvalue weighted by Gasteiger charge is 2.15. The second-order valence-electron chi connectivity index (χ2n) is 5.51. The van der Waals surface area contributed by atoms with Crippen molar-refractivity contribution in [2.24, 2.45) is 5.10 Å². The maximum atomic E-state index is 12.0. The number of nitro groups is 1. The smallest absolute Gasteiger partial charge is 0.273 e. The van der Waals surface area contributed by atoms with Crippen LogP contribution in [0.15, 0.2) is 47.6 Å². The molecule has 0 spiro atoms. The van der Waals surface area contributed by atoms with Crippen molar-refractivity contribution >= 4 is 23.7 Å². The van der Waals surface area contributed by atoms with Crippen molar-refractivity contribution in [3.8, 4) is 5.75 Å². The van der Waals surface area contributed by atoms with Crippen LogP contribution in [-0.4, -0.2) is 36.6 Å². The van der Waals surface area contributed by atoms with E-state index in [1.165, 1.54) is 24.4 Å². The summed E-state index contributed by atoms with van der Waals surface area (Å²) >= 11 is 0. The van der Waals surface area contributed by atoms with Gasteiger partial charge < -0.3 is 10.1 Å². The highest BCUT2D eigenvalue weighted by atomic mass is 16.6. The van der Waals surface area contributed by atoms with Crippen molar-refractivity contribution in [3.63, 3.8) is 0 Å². The first-order valence-electron chi connectivity index (χ1n) is 7.90. The summed E-state index contributed by atoms with van der Waals surface area (Å²) in [6.45, 7) is 1.26. The van der Waals surface area contributed by atoms with E-state index < -0.39 is 16.7 Å². The van der Waals surface area contributed by atoms with Gasteiger partial charge in [0, 0.05) is 17.2 Å². The average Bonchev–Trinajstić information content (AvgIpc) is 2.66. The third-order valence-corrected chi connectivity index (χ3v) is 3.60. The van der Waals surface area contributed by atoms with Crippen molar-refractivity contribution in [2.45, 2.75) is 6.92 Å². The fourth-order valence-electron chi connectivity index (χ4n) is 2.12. The normalized spacial score (nSPS) is 10.4. The molecule has 0 atom stereocenters. The van der Waals surface area contributed by atoms with Gasteiger partial charge in [-0.3, -0.25) is 19.7 Å². The minimum Gasteiger partial charge on any atom is -0.497 e. The van der Waals surface area contributed by atoms with Crippen LogP contribution in [0.1, 0.15) is 21.5 Å². The highest BCUT2D eigenvalue weighted by molar-refractivity contribution is 5.97. The lowest BCUT2D eigenvalue weighted by Crippen LogP contribution is -2.34. The lowest BCUT2D eigenvalue weighted by molar-refractivity contribution is -0.385. The van der Waals surface area contributed by atoms with Crippen LogP contribution in [-0.2, 0) is 4.79 Å². The van der Waals surface area contributed by atoms with E-state index in [1.807, 2.05) is 0 Å². The number of carbonyl (C=O) groups excluding carboxylic acids is 2. The number of hydrazone groups is 1. The van der Waals surface area contributed by atoms with E-state index in [2.05, 4.69) is 15.8 Å². The number of hydrogen-bond acceptors (Lipinski definition) is 6. The van der Waals surface area contributed by atoms with Crippen LogP contribution in [0.5, 0.6) is 5.75 Å². The molecule has 2 rings (SSSR count). The fraction of sp³-hybridized carbons (Fsp3) is 0.167. The molecule has 9 heteroatoms. The van der Waals surface area contributed by atoms with Gasteiger partial charge in [-0.05, 0) is 42.8 Å². The number of amides is 2. The van der Waals surface area contributed by atoms with Crippen LogP contribution in [0.2, 0.25) is 0 Å². The first-order valence-corrected chi connectivity index (χ1v) is 7.90. The molecule has 0 aliphatic carbocycles. The summed E-state index contributed by atoms with van der Waals surface area (Å²) in [6, 6.07) is 11.1. The zero-order valence-electron chi connectivity index (χ0n) is 14.8. The van der Waals surface area contributed by atoms with Gasteiger partial charge in [0.15, 0.2) is 0 Å². The Morgan fingerprint density at radius 1 is 1.22 bits per heavy atom. The molecular formula is C18H18N4O5. The monoisotopic (exact) mass is 370 g/mol. The average molecular weight is 370 g/mol. The van der Waals surface area contributed by atoms with Crippen LogP contribution in [0.4, 0.5) is 5.69 Å². The number of nitrogens with one attached hydrogen (secondary N) is 2. The molecule has 2 aromatic rings. The van der Waals surface area contributed by atoms with Gasteiger partial charge in [0.05, 0.1) is 24.8 Å². The molecular weight excluding hydrogens is 352 g/mol. The molecule has 0 saturated carbocycles. The van der Waals surface area contributed by atoms with Crippen molar-refractivity contribution < 1.29 is 19.2 Å². The third kappa shape index (κ3) is 5.63. The van der Waals surface area contributed by atoms with E-state index in [0.29, 0.717) is 11.3 Å². The summed E-state index contributed by atoms with van der Waals surface area (Å²) in [4.78, 5) is 34.1. The molecule has 0 bridgehead atoms. The van der Waals surface area contributed by atoms with E-state index in [-0.39, 0.29) is 17.8 Å². The zero-order chi connectivity index (χ0) is 19.8. The van der Waals surface area contributed by atoms with E-state index >= 15 is 0 Å². The summed E-state index contributed by atoms with van der Waals surface area (Å²) in [5.74, 6) is -0.419. The number of rotatable bonds is 7. The van der Waals surface area contributed by atoms with Crippen LogP contribution in [0.3, 0.4) is 0 Å². The topological polar surface area (TPSA) is 123 Å². The maximum absolute atomic E-state index is 12.0. The predicted molar refractivity (Wildman–Crippen MR) is 98.9 cm³/mol. The maximum Gasteiger partial charge on any atom is 0.273 e. The van der Waals surface area contributed by atoms with Gasteiger partial charge in [-0.1, -0.05) is 6.07 Å². The highest BCUT2D eigenvalue weighted by Crippen LogP contribution is 2.19. The molecule has 2 N–H and O–H groups in total. The largest absolute Gasteiger partial charge is 0.497 e. The summed E-state index contributed by atoms with van der Waals surface area (Å²) in [6.07, 6.45) is 1.45. The number of nitro benzene ring substituents is 1. The van der Waals surface area contributed by atoms with Gasteiger partial charge in [-0.25, -0.2) is 5.43 Å². The number of ether oxygens (including phenoxy) is 1. The molecule has 2 amide bonds. The van der Waals surface area contributed by atoms with Crippen LogP contribution in [0.25, 0.3) is 0 Å². The molecule has 9 nitrogen and oxygen atoms in total. The van der Waals surface area contributed by atoms with Gasteiger partial charge in [0.2, 0.25) is 0 Å². The Labute approximate surface area is 155 Å². The van der Waals surface area contributed by atoms with Crippen LogP contribution >= 0.6 is 0 Å². The third-order valence-electron chi connectivity index (χ3n) is 3.60. The van der Waals surface area contributed by atoms with Crippen molar-refractivity contribution in [2.75, 3.05) is 13.7 Å². The quantitative estimate of drug-likeness (QED) is 0.437. The molecule has 140 valence electrons.